The van der Waals surface area contributed by atoms with Crippen molar-refractivity contribution >= 4 is 18.0 Å². The smallest absolute Gasteiger partial charge is 0.408 e. The van der Waals surface area contributed by atoms with Crippen LogP contribution < -0.4 is 10.6 Å². The van der Waals surface area contributed by atoms with E-state index in [0.717, 1.165) is 6.42 Å². The largest absolute Gasteiger partial charge is 0.467 e. The molecule has 2 aliphatic rings. The molecule has 0 aromatic rings. The molecule has 0 unspecified atom stereocenters. The van der Waals surface area contributed by atoms with E-state index >= 15 is 0 Å². The molecule has 2 bridgehead atoms. The highest BCUT2D eigenvalue weighted by Crippen LogP contribution is 2.47. The molecule has 0 spiro atoms. The number of hydrogen-bond acceptors (Lipinski definition) is 5. The van der Waals surface area contributed by atoms with Gasteiger partial charge in [-0.1, -0.05) is 18.2 Å². The van der Waals surface area contributed by atoms with E-state index in [0.29, 0.717) is 19.3 Å². The van der Waals surface area contributed by atoms with Crippen molar-refractivity contribution in [2.45, 2.75) is 63.6 Å². The fraction of sp³-hybridized carbons (Fsp3) is 0.650. The number of carbonyl (C=O) groups excluding carboxylic acids is 3. The lowest BCUT2D eigenvalue weighted by molar-refractivity contribution is -0.152. The Morgan fingerprint density at radius 2 is 2.04 bits per heavy atom. The SMILES string of the molecule is C=CCC[C@@H](NC(=O)OC(C)(C)C)C(=O)N[C@@]1(C(=O)OC)C[C@H]2C=C[C@@H]1C2. The molecule has 2 amide bonds. The third-order valence-corrected chi connectivity index (χ3v) is 4.95. The van der Waals surface area contributed by atoms with Gasteiger partial charge in [-0.2, -0.15) is 0 Å². The maximum atomic E-state index is 13.0. The summed E-state index contributed by atoms with van der Waals surface area (Å²) in [7, 11) is 1.32. The number of allylic oxidation sites excluding steroid dienone is 2. The first-order chi connectivity index (χ1) is 12.6. The molecule has 150 valence electrons. The van der Waals surface area contributed by atoms with Crippen LogP contribution in [0, 0.1) is 11.8 Å². The van der Waals surface area contributed by atoms with Crippen LogP contribution in [-0.2, 0) is 19.1 Å². The van der Waals surface area contributed by atoms with Crippen molar-refractivity contribution in [1.82, 2.24) is 10.6 Å². The molecule has 0 aromatic carbocycles. The maximum absolute atomic E-state index is 13.0. The molecule has 1 saturated carbocycles. The van der Waals surface area contributed by atoms with E-state index in [-0.39, 0.29) is 11.8 Å². The van der Waals surface area contributed by atoms with Gasteiger partial charge in [0.25, 0.3) is 0 Å². The number of rotatable bonds is 7. The summed E-state index contributed by atoms with van der Waals surface area (Å²) in [6.45, 7) is 8.91. The minimum Gasteiger partial charge on any atom is -0.467 e. The molecule has 0 radical (unpaired) electrons. The van der Waals surface area contributed by atoms with Crippen LogP contribution in [0.25, 0.3) is 0 Å². The Morgan fingerprint density at radius 3 is 2.52 bits per heavy atom. The topological polar surface area (TPSA) is 93.7 Å². The highest BCUT2D eigenvalue weighted by molar-refractivity contribution is 5.92. The fourth-order valence-electron chi connectivity index (χ4n) is 3.78. The number of esters is 1. The van der Waals surface area contributed by atoms with Crippen molar-refractivity contribution in [2.24, 2.45) is 11.8 Å². The zero-order chi connectivity index (χ0) is 20.2. The summed E-state index contributed by atoms with van der Waals surface area (Å²) in [5, 5.41) is 5.49. The van der Waals surface area contributed by atoms with Gasteiger partial charge in [0.2, 0.25) is 5.91 Å². The zero-order valence-corrected chi connectivity index (χ0v) is 16.5. The van der Waals surface area contributed by atoms with E-state index in [2.05, 4.69) is 23.3 Å². The van der Waals surface area contributed by atoms with Crippen LogP contribution in [0.1, 0.15) is 46.5 Å². The van der Waals surface area contributed by atoms with Gasteiger partial charge in [0.05, 0.1) is 7.11 Å². The normalized spacial score (nSPS) is 27.0. The minimum atomic E-state index is -1.08. The van der Waals surface area contributed by atoms with Crippen LogP contribution in [0.2, 0.25) is 0 Å². The first-order valence-corrected chi connectivity index (χ1v) is 9.30. The monoisotopic (exact) mass is 378 g/mol. The van der Waals surface area contributed by atoms with E-state index in [1.54, 1.807) is 26.8 Å². The lowest BCUT2D eigenvalue weighted by atomic mass is 9.84. The van der Waals surface area contributed by atoms with E-state index in [1.807, 2.05) is 6.08 Å². The number of methoxy groups -OCH3 is 1. The summed E-state index contributed by atoms with van der Waals surface area (Å²) in [6, 6.07) is -0.831. The lowest BCUT2D eigenvalue weighted by Gasteiger charge is -2.35. The summed E-state index contributed by atoms with van der Waals surface area (Å²) >= 11 is 0. The van der Waals surface area contributed by atoms with E-state index in [1.165, 1.54) is 7.11 Å². The number of alkyl carbamates (subject to hydrolysis) is 1. The van der Waals surface area contributed by atoms with Gasteiger partial charge >= 0.3 is 12.1 Å². The summed E-state index contributed by atoms with van der Waals surface area (Å²) in [4.78, 5) is 37.6. The van der Waals surface area contributed by atoms with Gasteiger partial charge in [0, 0.05) is 5.92 Å². The average molecular weight is 378 g/mol. The Morgan fingerprint density at radius 1 is 1.33 bits per heavy atom. The van der Waals surface area contributed by atoms with Gasteiger partial charge < -0.3 is 20.1 Å². The van der Waals surface area contributed by atoms with Crippen LogP contribution in [0.15, 0.2) is 24.8 Å². The van der Waals surface area contributed by atoms with E-state index in [9.17, 15) is 14.4 Å². The van der Waals surface area contributed by atoms with Gasteiger partial charge in [-0.3, -0.25) is 4.79 Å². The second-order valence-corrected chi connectivity index (χ2v) is 8.21. The summed E-state index contributed by atoms with van der Waals surface area (Å²) in [5.74, 6) is -0.721. The predicted molar refractivity (Wildman–Crippen MR) is 101 cm³/mol. The third kappa shape index (κ3) is 4.90. The Bertz CT molecular complexity index is 637. The Balaban J connectivity index is 2.13. The number of hydrogen-bond donors (Lipinski definition) is 2. The van der Waals surface area contributed by atoms with Crippen LogP contribution >= 0.6 is 0 Å². The first kappa shape index (κ1) is 21.0. The van der Waals surface area contributed by atoms with Crippen LogP contribution in [-0.4, -0.2) is 42.3 Å². The highest BCUT2D eigenvalue weighted by Gasteiger charge is 2.55. The van der Waals surface area contributed by atoms with Crippen molar-refractivity contribution in [3.05, 3.63) is 24.8 Å². The van der Waals surface area contributed by atoms with Crippen LogP contribution in [0.3, 0.4) is 0 Å². The van der Waals surface area contributed by atoms with Gasteiger partial charge in [-0.25, -0.2) is 9.59 Å². The molecule has 27 heavy (non-hydrogen) atoms. The van der Waals surface area contributed by atoms with E-state index < -0.39 is 35.2 Å². The van der Waals surface area contributed by atoms with Crippen LogP contribution in [0.5, 0.6) is 0 Å². The van der Waals surface area contributed by atoms with Gasteiger partial charge in [0.15, 0.2) is 0 Å². The Labute approximate surface area is 160 Å². The van der Waals surface area contributed by atoms with Crippen molar-refractivity contribution in [3.63, 3.8) is 0 Å². The molecule has 0 heterocycles. The van der Waals surface area contributed by atoms with Crippen molar-refractivity contribution in [1.29, 1.82) is 0 Å². The van der Waals surface area contributed by atoms with Gasteiger partial charge in [-0.05, 0) is 52.4 Å². The molecule has 2 rings (SSSR count). The van der Waals surface area contributed by atoms with Crippen LogP contribution in [0.4, 0.5) is 4.79 Å². The zero-order valence-electron chi connectivity index (χ0n) is 16.5. The lowest BCUT2D eigenvalue weighted by Crippen LogP contribution is -2.61. The molecule has 2 aliphatic carbocycles. The second-order valence-electron chi connectivity index (χ2n) is 8.21. The average Bonchev–Trinajstić information content (AvgIpc) is 3.17. The summed E-state index contributed by atoms with van der Waals surface area (Å²) < 4.78 is 10.2. The maximum Gasteiger partial charge on any atom is 0.408 e. The second kappa shape index (κ2) is 8.15. The molecule has 2 N–H and O–H groups in total. The standard InChI is InChI=1S/C20H30N2O5/c1-6-7-8-15(21-18(25)27-19(2,3)4)16(23)22-20(17(24)26-5)12-13-9-10-14(20)11-13/h6,9-10,13-15H,1,7-8,11-12H2,2-5H3,(H,21,25)(H,22,23)/t13-,14+,15+,20-/m0/s1. The fourth-order valence-corrected chi connectivity index (χ4v) is 3.78. The van der Waals surface area contributed by atoms with Crippen molar-refractivity contribution in [3.8, 4) is 0 Å². The Kier molecular flexibility index (Phi) is 6.34. The molecule has 7 heteroatoms. The summed E-state index contributed by atoms with van der Waals surface area (Å²) in [5.41, 5.74) is -1.75. The minimum absolute atomic E-state index is 0.0968. The molecule has 0 aliphatic heterocycles. The third-order valence-electron chi connectivity index (χ3n) is 4.95. The van der Waals surface area contributed by atoms with Crippen molar-refractivity contribution in [2.75, 3.05) is 7.11 Å². The molecule has 1 fully saturated rings. The number of fused-ring (bicyclic) bond motifs is 2. The molecular formula is C20H30N2O5. The van der Waals surface area contributed by atoms with Crippen molar-refractivity contribution < 1.29 is 23.9 Å². The first-order valence-electron chi connectivity index (χ1n) is 9.30. The molecule has 0 saturated heterocycles. The number of ether oxygens (including phenoxy) is 2. The predicted octanol–water partition coefficient (Wildman–Crippen LogP) is 2.47. The molecule has 4 atom stereocenters. The number of carbonyl (C=O) groups is 3. The number of amides is 2. The Hall–Kier alpha value is -2.31. The quantitative estimate of drug-likeness (QED) is 0.524. The summed E-state index contributed by atoms with van der Waals surface area (Å²) in [6.07, 6.45) is 7.25. The number of nitrogens with one attached hydrogen (secondary N) is 2. The molecule has 0 aromatic heterocycles. The highest BCUT2D eigenvalue weighted by atomic mass is 16.6. The van der Waals surface area contributed by atoms with Gasteiger partial charge in [0.1, 0.15) is 17.2 Å². The van der Waals surface area contributed by atoms with E-state index in [4.69, 9.17) is 9.47 Å². The molecule has 7 nitrogen and oxygen atoms in total. The van der Waals surface area contributed by atoms with Gasteiger partial charge in [-0.15, -0.1) is 6.58 Å². The molecular weight excluding hydrogens is 348 g/mol.